The molecule has 1 aromatic heterocycles. The Morgan fingerprint density at radius 3 is 2.56 bits per heavy atom. The van der Waals surface area contributed by atoms with E-state index in [0.29, 0.717) is 17.5 Å². The zero-order valence-corrected chi connectivity index (χ0v) is 14.2. The maximum absolute atomic E-state index is 12.9. The molecule has 0 spiro atoms. The second kappa shape index (κ2) is 5.91. The van der Waals surface area contributed by atoms with Crippen LogP contribution in [-0.2, 0) is 16.2 Å². The Morgan fingerprint density at radius 2 is 1.96 bits per heavy atom. The maximum atomic E-state index is 12.9. The molecule has 0 N–H and O–H groups in total. The molecule has 25 heavy (non-hydrogen) atoms. The van der Waals surface area contributed by atoms with Gasteiger partial charge in [0.25, 0.3) is 10.0 Å². The third-order valence-corrected chi connectivity index (χ3v) is 5.51. The number of hydrogen-bond donors (Lipinski definition) is 0. The zero-order valence-electron chi connectivity index (χ0n) is 13.4. The molecule has 2 aromatic rings. The summed E-state index contributed by atoms with van der Waals surface area (Å²) in [6.45, 7) is 3.62. The summed E-state index contributed by atoms with van der Waals surface area (Å²) in [5.74, 6) is 0.419. The number of halogens is 3. The number of alkyl halides is 3. The van der Waals surface area contributed by atoms with E-state index in [2.05, 4.69) is 4.98 Å². The van der Waals surface area contributed by atoms with Gasteiger partial charge in [0.2, 0.25) is 0 Å². The highest BCUT2D eigenvalue weighted by molar-refractivity contribution is 7.92. The van der Waals surface area contributed by atoms with Gasteiger partial charge in [0.05, 0.1) is 12.2 Å². The molecule has 3 rings (SSSR count). The molecule has 0 bridgehead atoms. The van der Waals surface area contributed by atoms with E-state index in [4.69, 9.17) is 4.74 Å². The van der Waals surface area contributed by atoms with E-state index in [-0.39, 0.29) is 11.4 Å². The molecule has 134 valence electrons. The largest absolute Gasteiger partial charge is 0.487 e. The molecule has 2 heterocycles. The van der Waals surface area contributed by atoms with Crippen molar-refractivity contribution >= 4 is 15.7 Å². The molecule has 1 atom stereocenters. The molecular formula is C16H15F3N2O3S. The van der Waals surface area contributed by atoms with Gasteiger partial charge in [-0.25, -0.2) is 8.42 Å². The molecule has 0 fully saturated rings. The van der Waals surface area contributed by atoms with Gasteiger partial charge in [-0.2, -0.15) is 13.2 Å². The SMILES string of the molecule is Cc1ccc2c(c1)O[C@@H](C)CN2S(=O)(=O)c1ccc(C(F)(F)F)nc1. The first kappa shape index (κ1) is 17.5. The minimum absolute atomic E-state index is 0.0550. The average Bonchev–Trinajstić information content (AvgIpc) is 2.53. The van der Waals surface area contributed by atoms with Crippen LogP contribution < -0.4 is 9.04 Å². The van der Waals surface area contributed by atoms with Gasteiger partial charge in [-0.15, -0.1) is 0 Å². The van der Waals surface area contributed by atoms with E-state index >= 15 is 0 Å². The van der Waals surface area contributed by atoms with E-state index in [1.807, 2.05) is 6.92 Å². The fraction of sp³-hybridized carbons (Fsp3) is 0.312. The van der Waals surface area contributed by atoms with E-state index < -0.39 is 28.0 Å². The number of aromatic nitrogens is 1. The first-order valence-corrected chi connectivity index (χ1v) is 8.86. The first-order valence-electron chi connectivity index (χ1n) is 7.42. The Balaban J connectivity index is 2.03. The summed E-state index contributed by atoms with van der Waals surface area (Å²) in [6, 6.07) is 6.65. The molecule has 0 amide bonds. The number of ether oxygens (including phenoxy) is 1. The standard InChI is InChI=1S/C16H15F3N2O3S/c1-10-3-5-13-14(7-10)24-11(2)9-21(13)25(22,23)12-4-6-15(20-8-12)16(17,18)19/h3-8,11H,9H2,1-2H3/t11-/m0/s1. The summed E-state index contributed by atoms with van der Waals surface area (Å²) in [6.07, 6.45) is -4.29. The fourth-order valence-electron chi connectivity index (χ4n) is 2.56. The Labute approximate surface area is 143 Å². The minimum Gasteiger partial charge on any atom is -0.487 e. The number of sulfonamides is 1. The third kappa shape index (κ3) is 3.28. The van der Waals surface area contributed by atoms with Crippen molar-refractivity contribution in [2.75, 3.05) is 10.8 Å². The van der Waals surface area contributed by atoms with Crippen LogP contribution in [0.1, 0.15) is 18.2 Å². The number of aryl methyl sites for hydroxylation is 1. The molecule has 5 nitrogen and oxygen atoms in total. The van der Waals surface area contributed by atoms with Crippen molar-refractivity contribution in [2.24, 2.45) is 0 Å². The van der Waals surface area contributed by atoms with Gasteiger partial charge in [-0.1, -0.05) is 6.07 Å². The van der Waals surface area contributed by atoms with E-state index in [0.717, 1.165) is 22.1 Å². The van der Waals surface area contributed by atoms with Gasteiger partial charge < -0.3 is 4.74 Å². The monoisotopic (exact) mass is 372 g/mol. The van der Waals surface area contributed by atoms with E-state index in [1.165, 1.54) is 0 Å². The lowest BCUT2D eigenvalue weighted by atomic mass is 10.2. The number of anilines is 1. The molecule has 0 saturated heterocycles. The van der Waals surface area contributed by atoms with Gasteiger partial charge >= 0.3 is 6.18 Å². The van der Waals surface area contributed by atoms with Crippen LogP contribution in [-0.4, -0.2) is 26.1 Å². The van der Waals surface area contributed by atoms with Crippen LogP contribution in [0, 0.1) is 6.92 Å². The van der Waals surface area contributed by atoms with Crippen LogP contribution in [0.4, 0.5) is 18.9 Å². The van der Waals surface area contributed by atoms with E-state index in [1.54, 1.807) is 25.1 Å². The quantitative estimate of drug-likeness (QED) is 0.811. The first-order chi connectivity index (χ1) is 11.6. The van der Waals surface area contributed by atoms with Crippen LogP contribution in [0.2, 0.25) is 0 Å². The zero-order chi connectivity index (χ0) is 18.4. The van der Waals surface area contributed by atoms with Crippen molar-refractivity contribution in [2.45, 2.75) is 31.0 Å². The third-order valence-electron chi connectivity index (χ3n) is 3.75. The highest BCUT2D eigenvalue weighted by Gasteiger charge is 2.35. The molecule has 1 aliphatic heterocycles. The Morgan fingerprint density at radius 1 is 1.24 bits per heavy atom. The Kier molecular flexibility index (Phi) is 4.14. The molecule has 9 heteroatoms. The van der Waals surface area contributed by atoms with Gasteiger partial charge in [0.1, 0.15) is 22.4 Å². The highest BCUT2D eigenvalue weighted by Crippen LogP contribution is 2.37. The number of pyridine rings is 1. The van der Waals surface area contributed by atoms with E-state index in [9.17, 15) is 21.6 Å². The number of nitrogens with zero attached hydrogens (tertiary/aromatic N) is 2. The van der Waals surface area contributed by atoms with Crippen molar-refractivity contribution in [1.29, 1.82) is 0 Å². The summed E-state index contributed by atoms with van der Waals surface area (Å²) >= 11 is 0. The summed E-state index contributed by atoms with van der Waals surface area (Å²) in [7, 11) is -4.06. The van der Waals surface area contributed by atoms with Gasteiger partial charge in [-0.05, 0) is 43.7 Å². The number of hydrogen-bond acceptors (Lipinski definition) is 4. The lowest BCUT2D eigenvalue weighted by Gasteiger charge is -2.34. The lowest BCUT2D eigenvalue weighted by molar-refractivity contribution is -0.141. The molecule has 0 radical (unpaired) electrons. The number of fused-ring (bicyclic) bond motifs is 1. The summed E-state index contributed by atoms with van der Waals surface area (Å²) < 4.78 is 70.4. The number of rotatable bonds is 2. The lowest BCUT2D eigenvalue weighted by Crippen LogP contribution is -2.42. The molecule has 1 aliphatic rings. The van der Waals surface area contributed by atoms with Gasteiger partial charge in [-0.3, -0.25) is 9.29 Å². The van der Waals surface area contributed by atoms with Crippen LogP contribution in [0.25, 0.3) is 0 Å². The Hall–Kier alpha value is -2.29. The molecule has 0 aliphatic carbocycles. The maximum Gasteiger partial charge on any atom is 0.433 e. The smallest absolute Gasteiger partial charge is 0.433 e. The normalized spacial score (nSPS) is 17.8. The molecule has 1 aromatic carbocycles. The topological polar surface area (TPSA) is 59.5 Å². The highest BCUT2D eigenvalue weighted by atomic mass is 32.2. The van der Waals surface area contributed by atoms with Crippen molar-refractivity contribution < 1.29 is 26.3 Å². The van der Waals surface area contributed by atoms with Gasteiger partial charge in [0, 0.05) is 6.20 Å². The van der Waals surface area contributed by atoms with Crippen LogP contribution in [0.3, 0.4) is 0 Å². The second-order valence-electron chi connectivity index (χ2n) is 5.81. The summed E-state index contributed by atoms with van der Waals surface area (Å²) in [5, 5.41) is 0. The Bertz CT molecular complexity index is 896. The van der Waals surface area contributed by atoms with Crippen molar-refractivity contribution in [3.05, 3.63) is 47.8 Å². The van der Waals surface area contributed by atoms with Crippen LogP contribution in [0.15, 0.2) is 41.4 Å². The molecule has 0 unspecified atom stereocenters. The molecular weight excluding hydrogens is 357 g/mol. The van der Waals surface area contributed by atoms with Crippen molar-refractivity contribution in [3.8, 4) is 5.75 Å². The summed E-state index contributed by atoms with van der Waals surface area (Å²) in [5.41, 5.74) is 0.114. The van der Waals surface area contributed by atoms with Gasteiger partial charge in [0.15, 0.2) is 0 Å². The number of benzene rings is 1. The predicted octanol–water partition coefficient (Wildman–Crippen LogP) is 3.39. The second-order valence-corrected chi connectivity index (χ2v) is 7.67. The van der Waals surface area contributed by atoms with Crippen LogP contribution >= 0.6 is 0 Å². The van der Waals surface area contributed by atoms with Crippen LogP contribution in [0.5, 0.6) is 5.75 Å². The minimum atomic E-state index is -4.63. The van der Waals surface area contributed by atoms with Crippen molar-refractivity contribution in [1.82, 2.24) is 4.98 Å². The molecule has 0 saturated carbocycles. The van der Waals surface area contributed by atoms with Crippen molar-refractivity contribution in [3.63, 3.8) is 0 Å². The summed E-state index contributed by atoms with van der Waals surface area (Å²) in [4.78, 5) is 2.93. The fourth-order valence-corrected chi connectivity index (χ4v) is 4.06. The predicted molar refractivity (Wildman–Crippen MR) is 85.0 cm³/mol. The average molecular weight is 372 g/mol.